The number of nitrogens with one attached hydrogen (secondary N) is 2. The molecule has 100 valence electrons. The molecular formula is C12H24N2O3. The lowest BCUT2D eigenvalue weighted by atomic mass is 10.1. The average Bonchev–Trinajstić information content (AvgIpc) is 2.25. The maximum absolute atomic E-state index is 11.7. The summed E-state index contributed by atoms with van der Waals surface area (Å²) in [5.41, 5.74) is -0.924. The smallest absolute Gasteiger partial charge is 0.252 e. The zero-order valence-corrected chi connectivity index (χ0v) is 11.6. The minimum Gasteiger partial charge on any atom is -0.369 e. The lowest BCUT2D eigenvalue weighted by Gasteiger charge is -2.24. The molecule has 0 aliphatic rings. The van der Waals surface area contributed by atoms with Gasteiger partial charge in [0.25, 0.3) is 5.91 Å². The molecular weight excluding hydrogens is 220 g/mol. The van der Waals surface area contributed by atoms with Gasteiger partial charge in [-0.3, -0.25) is 9.59 Å². The molecule has 0 aromatic heterocycles. The minimum atomic E-state index is -0.924. The van der Waals surface area contributed by atoms with Crippen molar-refractivity contribution in [2.24, 2.45) is 5.92 Å². The van der Waals surface area contributed by atoms with E-state index >= 15 is 0 Å². The third-order valence-electron chi connectivity index (χ3n) is 2.48. The van der Waals surface area contributed by atoms with Crippen LogP contribution in [0.1, 0.15) is 34.6 Å². The molecule has 2 amide bonds. The molecule has 1 unspecified atom stereocenters. The predicted octanol–water partition coefficient (Wildman–Crippen LogP) is 0.688. The Hall–Kier alpha value is -1.10. The largest absolute Gasteiger partial charge is 0.369 e. The normalized spacial score (nSPS) is 13.4. The van der Waals surface area contributed by atoms with Crippen molar-refractivity contribution >= 4 is 11.8 Å². The molecule has 1 atom stereocenters. The Morgan fingerprint density at radius 3 is 2.18 bits per heavy atom. The summed E-state index contributed by atoms with van der Waals surface area (Å²) in [6.45, 7) is 9.59. The van der Waals surface area contributed by atoms with Gasteiger partial charge in [0, 0.05) is 13.7 Å². The number of carbonyl (C=O) groups excluding carboxylic acids is 2. The van der Waals surface area contributed by atoms with Crippen LogP contribution >= 0.6 is 0 Å². The van der Waals surface area contributed by atoms with Crippen molar-refractivity contribution in [3.05, 3.63) is 0 Å². The molecule has 0 fully saturated rings. The lowest BCUT2D eigenvalue weighted by molar-refractivity contribution is -0.142. The molecule has 0 heterocycles. The number of hydrogen-bond donors (Lipinski definition) is 2. The van der Waals surface area contributed by atoms with Crippen molar-refractivity contribution in [3.8, 4) is 0 Å². The minimum absolute atomic E-state index is 0.182. The van der Waals surface area contributed by atoms with Gasteiger partial charge in [-0.1, -0.05) is 13.8 Å². The standard InChI is InChI=1S/C12H24N2O3/c1-8(2)7-13-10(15)9(3)14-11(16)12(4,5)17-6/h8-9H,7H2,1-6H3,(H,13,15)(H,14,16). The van der Waals surface area contributed by atoms with E-state index in [0.717, 1.165) is 0 Å². The molecule has 5 nitrogen and oxygen atoms in total. The van der Waals surface area contributed by atoms with Crippen LogP contribution in [0.4, 0.5) is 0 Å². The van der Waals surface area contributed by atoms with E-state index in [9.17, 15) is 9.59 Å². The van der Waals surface area contributed by atoms with Gasteiger partial charge in [0.1, 0.15) is 11.6 Å². The molecule has 17 heavy (non-hydrogen) atoms. The van der Waals surface area contributed by atoms with Crippen molar-refractivity contribution < 1.29 is 14.3 Å². The first-order valence-corrected chi connectivity index (χ1v) is 5.84. The Morgan fingerprint density at radius 1 is 1.24 bits per heavy atom. The van der Waals surface area contributed by atoms with Crippen LogP contribution in [-0.4, -0.2) is 37.1 Å². The van der Waals surface area contributed by atoms with Crippen molar-refractivity contribution in [1.29, 1.82) is 0 Å². The topological polar surface area (TPSA) is 67.4 Å². The predicted molar refractivity (Wildman–Crippen MR) is 66.5 cm³/mol. The highest BCUT2D eigenvalue weighted by atomic mass is 16.5. The summed E-state index contributed by atoms with van der Waals surface area (Å²) in [5, 5.41) is 5.38. The van der Waals surface area contributed by atoms with Crippen LogP contribution in [0.15, 0.2) is 0 Å². The molecule has 0 bridgehead atoms. The molecule has 0 aromatic rings. The number of hydrogen-bond acceptors (Lipinski definition) is 3. The number of rotatable bonds is 6. The average molecular weight is 244 g/mol. The van der Waals surface area contributed by atoms with Gasteiger partial charge < -0.3 is 15.4 Å². The third kappa shape index (κ3) is 5.68. The van der Waals surface area contributed by atoms with Gasteiger partial charge in [0.2, 0.25) is 5.91 Å². The SMILES string of the molecule is COC(C)(C)C(=O)NC(C)C(=O)NCC(C)C. The summed E-state index contributed by atoms with van der Waals surface area (Å²) in [6, 6.07) is -0.560. The maximum Gasteiger partial charge on any atom is 0.252 e. The van der Waals surface area contributed by atoms with E-state index in [1.54, 1.807) is 20.8 Å². The first-order valence-electron chi connectivity index (χ1n) is 5.84. The number of methoxy groups -OCH3 is 1. The number of ether oxygens (including phenoxy) is 1. The highest BCUT2D eigenvalue weighted by Gasteiger charge is 2.29. The molecule has 0 saturated heterocycles. The van der Waals surface area contributed by atoms with Crippen LogP contribution in [0.25, 0.3) is 0 Å². The Bertz CT molecular complexity index is 275. The summed E-state index contributed by atoms with van der Waals surface area (Å²) < 4.78 is 5.03. The van der Waals surface area contributed by atoms with E-state index < -0.39 is 11.6 Å². The van der Waals surface area contributed by atoms with Gasteiger partial charge in [-0.05, 0) is 26.7 Å². The van der Waals surface area contributed by atoms with E-state index in [1.165, 1.54) is 7.11 Å². The molecule has 2 N–H and O–H groups in total. The van der Waals surface area contributed by atoms with Gasteiger partial charge >= 0.3 is 0 Å². The summed E-state index contributed by atoms with van der Waals surface area (Å²) >= 11 is 0. The first kappa shape index (κ1) is 15.9. The summed E-state index contributed by atoms with van der Waals surface area (Å²) in [4.78, 5) is 23.4. The Morgan fingerprint density at radius 2 is 1.76 bits per heavy atom. The van der Waals surface area contributed by atoms with Crippen LogP contribution in [0.3, 0.4) is 0 Å². The van der Waals surface area contributed by atoms with Gasteiger partial charge in [0.15, 0.2) is 0 Å². The molecule has 5 heteroatoms. The second kappa shape index (κ2) is 6.59. The highest BCUT2D eigenvalue weighted by Crippen LogP contribution is 2.07. The molecule has 0 aliphatic carbocycles. The zero-order valence-electron chi connectivity index (χ0n) is 11.6. The van der Waals surface area contributed by atoms with E-state index in [4.69, 9.17) is 4.74 Å². The fourth-order valence-corrected chi connectivity index (χ4v) is 0.986. The Balaban J connectivity index is 4.21. The molecule has 0 aromatic carbocycles. The van der Waals surface area contributed by atoms with Crippen molar-refractivity contribution in [1.82, 2.24) is 10.6 Å². The van der Waals surface area contributed by atoms with Crippen LogP contribution < -0.4 is 10.6 Å². The quantitative estimate of drug-likeness (QED) is 0.722. The van der Waals surface area contributed by atoms with E-state index in [2.05, 4.69) is 10.6 Å². The fraction of sp³-hybridized carbons (Fsp3) is 0.833. The van der Waals surface area contributed by atoms with Crippen LogP contribution in [-0.2, 0) is 14.3 Å². The lowest BCUT2D eigenvalue weighted by Crippen LogP contribution is -2.52. The first-order chi connectivity index (χ1) is 7.70. The Kier molecular flexibility index (Phi) is 6.16. The maximum atomic E-state index is 11.7. The van der Waals surface area contributed by atoms with Gasteiger partial charge in [0.05, 0.1) is 0 Å². The van der Waals surface area contributed by atoms with Crippen LogP contribution in [0.2, 0.25) is 0 Å². The summed E-state index contributed by atoms with van der Waals surface area (Å²) in [6.07, 6.45) is 0. The number of amides is 2. The number of carbonyl (C=O) groups is 2. The molecule has 0 radical (unpaired) electrons. The second-order valence-corrected chi connectivity index (χ2v) is 5.05. The Labute approximate surface area is 103 Å². The zero-order chi connectivity index (χ0) is 13.6. The van der Waals surface area contributed by atoms with Gasteiger partial charge in [-0.15, -0.1) is 0 Å². The van der Waals surface area contributed by atoms with Crippen molar-refractivity contribution in [2.75, 3.05) is 13.7 Å². The molecule has 0 rings (SSSR count). The van der Waals surface area contributed by atoms with Crippen molar-refractivity contribution in [2.45, 2.75) is 46.3 Å². The third-order valence-corrected chi connectivity index (χ3v) is 2.48. The van der Waals surface area contributed by atoms with E-state index in [-0.39, 0.29) is 11.8 Å². The fourth-order valence-electron chi connectivity index (χ4n) is 0.986. The van der Waals surface area contributed by atoms with Crippen LogP contribution in [0, 0.1) is 5.92 Å². The summed E-state index contributed by atoms with van der Waals surface area (Å²) in [7, 11) is 1.46. The van der Waals surface area contributed by atoms with E-state index in [0.29, 0.717) is 12.5 Å². The molecule has 0 spiro atoms. The van der Waals surface area contributed by atoms with Gasteiger partial charge in [-0.2, -0.15) is 0 Å². The molecule has 0 saturated carbocycles. The monoisotopic (exact) mass is 244 g/mol. The second-order valence-electron chi connectivity index (χ2n) is 5.05. The van der Waals surface area contributed by atoms with Gasteiger partial charge in [-0.25, -0.2) is 0 Å². The summed E-state index contributed by atoms with van der Waals surface area (Å²) in [5.74, 6) is -0.0941. The molecule has 0 aliphatic heterocycles. The van der Waals surface area contributed by atoms with E-state index in [1.807, 2.05) is 13.8 Å². The van der Waals surface area contributed by atoms with Crippen molar-refractivity contribution in [3.63, 3.8) is 0 Å². The van der Waals surface area contributed by atoms with Crippen LogP contribution in [0.5, 0.6) is 0 Å². The highest BCUT2D eigenvalue weighted by molar-refractivity contribution is 5.90.